The molecule has 0 aliphatic carbocycles. The summed E-state index contributed by atoms with van der Waals surface area (Å²) in [7, 11) is 0. The van der Waals surface area contributed by atoms with E-state index in [-0.39, 0.29) is 6.61 Å². The number of benzene rings is 2. The first kappa shape index (κ1) is 19.3. The lowest BCUT2D eigenvalue weighted by Crippen LogP contribution is -2.41. The lowest BCUT2D eigenvalue weighted by atomic mass is 10.0. The first-order valence-electron chi connectivity index (χ1n) is 9.99. The molecule has 1 atom stereocenters. The van der Waals surface area contributed by atoms with Crippen LogP contribution in [0, 0.1) is 6.92 Å². The Labute approximate surface area is 170 Å². The number of aromatic nitrogens is 2. The zero-order chi connectivity index (χ0) is 20.2. The molecule has 3 aromatic rings. The van der Waals surface area contributed by atoms with Gasteiger partial charge in [-0.1, -0.05) is 12.1 Å². The van der Waals surface area contributed by atoms with E-state index >= 15 is 0 Å². The maximum absolute atomic E-state index is 11.0. The van der Waals surface area contributed by atoms with E-state index < -0.39 is 5.91 Å². The minimum atomic E-state index is -0.464. The summed E-state index contributed by atoms with van der Waals surface area (Å²) < 4.78 is 5.54. The van der Waals surface area contributed by atoms with Gasteiger partial charge in [-0.25, -0.2) is 0 Å². The molecule has 7 nitrogen and oxygen atoms in total. The monoisotopic (exact) mass is 393 g/mol. The van der Waals surface area contributed by atoms with Crippen LogP contribution in [0.15, 0.2) is 42.6 Å². The summed E-state index contributed by atoms with van der Waals surface area (Å²) >= 11 is 0. The van der Waals surface area contributed by atoms with Gasteiger partial charge in [0.05, 0.1) is 11.7 Å². The van der Waals surface area contributed by atoms with E-state index in [2.05, 4.69) is 44.7 Å². The van der Waals surface area contributed by atoms with Crippen molar-refractivity contribution in [3.63, 3.8) is 0 Å². The average molecular weight is 393 g/mol. The molecule has 1 aromatic heterocycles. The number of hydrogen-bond acceptors (Lipinski definition) is 5. The Kier molecular flexibility index (Phi) is 5.67. The Morgan fingerprint density at radius 1 is 1.34 bits per heavy atom. The van der Waals surface area contributed by atoms with E-state index in [1.807, 2.05) is 25.3 Å². The average Bonchev–Trinajstić information content (AvgIpc) is 3.16. The summed E-state index contributed by atoms with van der Waals surface area (Å²) in [5, 5.41) is 11.9. The van der Waals surface area contributed by atoms with Gasteiger partial charge in [-0.05, 0) is 61.7 Å². The number of anilines is 1. The van der Waals surface area contributed by atoms with E-state index in [0.717, 1.165) is 60.4 Å². The molecular weight excluding hydrogens is 366 g/mol. The zero-order valence-corrected chi connectivity index (χ0v) is 16.6. The summed E-state index contributed by atoms with van der Waals surface area (Å²) in [4.78, 5) is 13.5. The molecule has 4 rings (SSSR count). The van der Waals surface area contributed by atoms with E-state index in [1.165, 1.54) is 5.56 Å². The normalized spacial score (nSPS) is 17.3. The Morgan fingerprint density at radius 3 is 3.10 bits per heavy atom. The van der Waals surface area contributed by atoms with Crippen LogP contribution in [-0.4, -0.2) is 46.7 Å². The van der Waals surface area contributed by atoms with Crippen LogP contribution >= 0.6 is 0 Å². The van der Waals surface area contributed by atoms with Crippen LogP contribution in [0.5, 0.6) is 5.75 Å². The van der Waals surface area contributed by atoms with Crippen molar-refractivity contribution in [3.8, 4) is 5.75 Å². The summed E-state index contributed by atoms with van der Waals surface area (Å²) in [6.45, 7) is 4.78. The largest absolute Gasteiger partial charge is 0.484 e. The predicted molar refractivity (Wildman–Crippen MR) is 114 cm³/mol. The molecule has 0 spiro atoms. The second-order valence-electron chi connectivity index (χ2n) is 7.75. The van der Waals surface area contributed by atoms with Crippen LogP contribution in [0.1, 0.15) is 24.0 Å². The van der Waals surface area contributed by atoms with Gasteiger partial charge in [-0.3, -0.25) is 14.8 Å². The first-order chi connectivity index (χ1) is 14.1. The number of nitrogens with zero attached hydrogens (tertiary/aromatic N) is 2. The van der Waals surface area contributed by atoms with Crippen molar-refractivity contribution < 1.29 is 9.53 Å². The van der Waals surface area contributed by atoms with Crippen LogP contribution in [0.4, 0.5) is 5.69 Å². The molecule has 152 valence electrons. The van der Waals surface area contributed by atoms with Crippen LogP contribution in [0.3, 0.4) is 0 Å². The van der Waals surface area contributed by atoms with Crippen LogP contribution in [0.25, 0.3) is 10.9 Å². The molecule has 4 N–H and O–H groups in total. The third kappa shape index (κ3) is 4.86. The van der Waals surface area contributed by atoms with Crippen molar-refractivity contribution in [2.45, 2.75) is 32.4 Å². The SMILES string of the molecule is Cc1ccc(CN2CCC[C@H](Nc3ccc4[nH]ncc4c3)C2)cc1OCC(N)=O. The van der Waals surface area contributed by atoms with Gasteiger partial charge in [0, 0.05) is 30.2 Å². The molecule has 29 heavy (non-hydrogen) atoms. The fraction of sp³-hybridized carbons (Fsp3) is 0.364. The molecule has 0 bridgehead atoms. The Morgan fingerprint density at radius 2 is 2.24 bits per heavy atom. The molecule has 0 saturated carbocycles. The number of H-pyrrole nitrogens is 1. The topological polar surface area (TPSA) is 96.3 Å². The number of carbonyl (C=O) groups is 1. The van der Waals surface area contributed by atoms with Crippen molar-refractivity contribution in [2.24, 2.45) is 5.73 Å². The van der Waals surface area contributed by atoms with Gasteiger partial charge in [-0.2, -0.15) is 5.10 Å². The third-order valence-electron chi connectivity index (χ3n) is 5.35. The number of ether oxygens (including phenoxy) is 1. The predicted octanol–water partition coefficient (Wildman–Crippen LogP) is 2.81. The number of carbonyl (C=O) groups excluding carboxylic acids is 1. The molecule has 7 heteroatoms. The van der Waals surface area contributed by atoms with E-state index in [0.29, 0.717) is 6.04 Å². The Bertz CT molecular complexity index is 1000. The second-order valence-corrected chi connectivity index (χ2v) is 7.75. The number of piperidine rings is 1. The molecule has 2 aromatic carbocycles. The molecule has 0 radical (unpaired) electrons. The number of fused-ring (bicyclic) bond motifs is 1. The molecule has 1 amide bonds. The van der Waals surface area contributed by atoms with Gasteiger partial charge in [0.1, 0.15) is 5.75 Å². The molecular formula is C22H27N5O2. The minimum Gasteiger partial charge on any atom is -0.484 e. The summed E-state index contributed by atoms with van der Waals surface area (Å²) in [5.74, 6) is 0.259. The van der Waals surface area contributed by atoms with Gasteiger partial charge in [0.2, 0.25) is 0 Å². The molecule has 1 fully saturated rings. The molecule has 1 aliphatic heterocycles. The zero-order valence-electron chi connectivity index (χ0n) is 16.6. The standard InChI is InChI=1S/C22H27N5O2/c1-15-4-5-16(9-21(15)29-14-22(23)28)12-27-8-2-3-19(13-27)25-18-6-7-20-17(10-18)11-24-26-20/h4-7,9-11,19,25H,2-3,8,12-14H2,1H3,(H2,23,28)(H,24,26)/t19-/m0/s1. The highest BCUT2D eigenvalue weighted by molar-refractivity contribution is 5.81. The highest BCUT2D eigenvalue weighted by Gasteiger charge is 2.20. The number of nitrogens with one attached hydrogen (secondary N) is 2. The lowest BCUT2D eigenvalue weighted by Gasteiger charge is -2.33. The highest BCUT2D eigenvalue weighted by atomic mass is 16.5. The van der Waals surface area contributed by atoms with E-state index in [1.54, 1.807) is 0 Å². The number of primary amides is 1. The van der Waals surface area contributed by atoms with E-state index in [9.17, 15) is 4.79 Å². The van der Waals surface area contributed by atoms with Gasteiger partial charge < -0.3 is 15.8 Å². The third-order valence-corrected chi connectivity index (χ3v) is 5.35. The maximum atomic E-state index is 11.0. The maximum Gasteiger partial charge on any atom is 0.255 e. The summed E-state index contributed by atoms with van der Waals surface area (Å²) in [6, 6.07) is 12.9. The van der Waals surface area contributed by atoms with Crippen molar-refractivity contribution in [1.82, 2.24) is 15.1 Å². The van der Waals surface area contributed by atoms with Crippen LogP contribution in [0.2, 0.25) is 0 Å². The minimum absolute atomic E-state index is 0.0962. The Hall–Kier alpha value is -3.06. The number of likely N-dealkylation sites (tertiary alicyclic amines) is 1. The first-order valence-corrected chi connectivity index (χ1v) is 9.99. The van der Waals surface area contributed by atoms with Gasteiger partial charge in [0.25, 0.3) is 5.91 Å². The fourth-order valence-corrected chi connectivity index (χ4v) is 3.89. The molecule has 2 heterocycles. The van der Waals surface area contributed by atoms with Crippen molar-refractivity contribution in [2.75, 3.05) is 25.0 Å². The number of hydrogen-bond donors (Lipinski definition) is 3. The van der Waals surface area contributed by atoms with Gasteiger partial charge >= 0.3 is 0 Å². The quantitative estimate of drug-likeness (QED) is 0.574. The number of aromatic amines is 1. The molecule has 1 aliphatic rings. The number of nitrogens with two attached hydrogens (primary N) is 1. The highest BCUT2D eigenvalue weighted by Crippen LogP contribution is 2.24. The fourth-order valence-electron chi connectivity index (χ4n) is 3.89. The number of rotatable bonds is 7. The Balaban J connectivity index is 1.38. The van der Waals surface area contributed by atoms with Crippen LogP contribution in [-0.2, 0) is 11.3 Å². The second kappa shape index (κ2) is 8.53. The van der Waals surface area contributed by atoms with E-state index in [4.69, 9.17) is 10.5 Å². The number of amides is 1. The lowest BCUT2D eigenvalue weighted by molar-refractivity contribution is -0.119. The van der Waals surface area contributed by atoms with Gasteiger partial charge in [-0.15, -0.1) is 0 Å². The number of aryl methyl sites for hydroxylation is 1. The summed E-state index contributed by atoms with van der Waals surface area (Å²) in [6.07, 6.45) is 4.16. The molecule has 1 saturated heterocycles. The van der Waals surface area contributed by atoms with Crippen molar-refractivity contribution in [3.05, 3.63) is 53.7 Å². The summed E-state index contributed by atoms with van der Waals surface area (Å²) in [5.41, 5.74) is 9.55. The van der Waals surface area contributed by atoms with Crippen molar-refractivity contribution in [1.29, 1.82) is 0 Å². The van der Waals surface area contributed by atoms with Crippen molar-refractivity contribution >= 4 is 22.5 Å². The molecule has 0 unspecified atom stereocenters. The smallest absolute Gasteiger partial charge is 0.255 e. The van der Waals surface area contributed by atoms with Crippen LogP contribution < -0.4 is 15.8 Å². The van der Waals surface area contributed by atoms with Gasteiger partial charge in [0.15, 0.2) is 6.61 Å².